The lowest BCUT2D eigenvalue weighted by Crippen LogP contribution is -2.01. The highest BCUT2D eigenvalue weighted by Crippen LogP contribution is 2.28. The fourth-order valence-electron chi connectivity index (χ4n) is 1.80. The lowest BCUT2D eigenvalue weighted by atomic mass is 10.2. The first-order valence-corrected chi connectivity index (χ1v) is 7.52. The third-order valence-electron chi connectivity index (χ3n) is 2.77. The first-order chi connectivity index (χ1) is 10.1. The molecular formula is C14H16N4O2S. The summed E-state index contributed by atoms with van der Waals surface area (Å²) < 4.78 is 0. The summed E-state index contributed by atoms with van der Waals surface area (Å²) in [6.07, 6.45) is 1.71. The molecule has 1 aromatic carbocycles. The average molecular weight is 304 g/mol. The van der Waals surface area contributed by atoms with Gasteiger partial charge in [0.2, 0.25) is 0 Å². The van der Waals surface area contributed by atoms with Crippen LogP contribution < -0.4 is 5.32 Å². The molecule has 2 aromatic rings. The van der Waals surface area contributed by atoms with Gasteiger partial charge in [0.05, 0.1) is 4.92 Å². The summed E-state index contributed by atoms with van der Waals surface area (Å²) in [5.74, 6) is 0.594. The zero-order valence-electron chi connectivity index (χ0n) is 11.9. The number of nitro benzene ring substituents is 1. The van der Waals surface area contributed by atoms with Gasteiger partial charge in [0.25, 0.3) is 5.69 Å². The van der Waals surface area contributed by atoms with Crippen LogP contribution in [-0.2, 0) is 5.75 Å². The average Bonchev–Trinajstić information content (AvgIpc) is 2.46. The number of nitrogens with one attached hydrogen (secondary N) is 1. The number of anilines is 1. The minimum atomic E-state index is -0.366. The fourth-order valence-corrected chi connectivity index (χ4v) is 2.62. The molecule has 2 rings (SSSR count). The van der Waals surface area contributed by atoms with E-state index in [9.17, 15) is 10.1 Å². The molecule has 0 saturated heterocycles. The first kappa shape index (κ1) is 15.2. The van der Waals surface area contributed by atoms with Crippen molar-refractivity contribution in [3.05, 3.63) is 51.8 Å². The van der Waals surface area contributed by atoms with Crippen molar-refractivity contribution in [3.8, 4) is 0 Å². The number of nitro groups is 1. The van der Waals surface area contributed by atoms with Crippen molar-refractivity contribution < 1.29 is 4.92 Å². The smallest absolute Gasteiger partial charge is 0.292 e. The van der Waals surface area contributed by atoms with Crippen LogP contribution in [0.15, 0.2) is 35.6 Å². The second-order valence-corrected chi connectivity index (χ2v) is 5.35. The fraction of sp³-hybridized carbons (Fsp3) is 0.286. The molecule has 6 nitrogen and oxygen atoms in total. The SMILES string of the molecule is CCNc1ccc(CSc2nccc(C)n2)cc1[N+](=O)[O-]. The van der Waals surface area contributed by atoms with Crippen LogP contribution in [0, 0.1) is 17.0 Å². The van der Waals surface area contributed by atoms with Gasteiger partial charge < -0.3 is 5.32 Å². The third-order valence-corrected chi connectivity index (χ3v) is 3.70. The summed E-state index contributed by atoms with van der Waals surface area (Å²) in [6, 6.07) is 7.06. The maximum absolute atomic E-state index is 11.1. The summed E-state index contributed by atoms with van der Waals surface area (Å²) in [4.78, 5) is 19.2. The van der Waals surface area contributed by atoms with Gasteiger partial charge in [0.15, 0.2) is 5.16 Å². The number of nitrogens with zero attached hydrogens (tertiary/aromatic N) is 3. The lowest BCUT2D eigenvalue weighted by molar-refractivity contribution is -0.384. The van der Waals surface area contributed by atoms with E-state index < -0.39 is 0 Å². The van der Waals surface area contributed by atoms with Gasteiger partial charge in [-0.3, -0.25) is 10.1 Å². The third kappa shape index (κ3) is 4.16. The number of thioether (sulfide) groups is 1. The molecule has 7 heteroatoms. The van der Waals surface area contributed by atoms with Crippen LogP contribution in [0.5, 0.6) is 0 Å². The molecule has 0 fully saturated rings. The molecule has 0 aliphatic heterocycles. The molecular weight excluding hydrogens is 288 g/mol. The first-order valence-electron chi connectivity index (χ1n) is 6.53. The summed E-state index contributed by atoms with van der Waals surface area (Å²) in [6.45, 7) is 4.45. The van der Waals surface area contributed by atoms with Gasteiger partial charge in [-0.15, -0.1) is 0 Å². The standard InChI is InChI=1S/C14H16N4O2S/c1-3-15-12-5-4-11(8-13(12)18(19)20)9-21-14-16-7-6-10(2)17-14/h4-8,15H,3,9H2,1-2H3. The minimum Gasteiger partial charge on any atom is -0.380 e. The zero-order chi connectivity index (χ0) is 15.2. The van der Waals surface area contributed by atoms with Crippen LogP contribution in [-0.4, -0.2) is 21.4 Å². The van der Waals surface area contributed by atoms with E-state index >= 15 is 0 Å². The van der Waals surface area contributed by atoms with Crippen LogP contribution in [0.25, 0.3) is 0 Å². The van der Waals surface area contributed by atoms with Gasteiger partial charge in [-0.25, -0.2) is 9.97 Å². The molecule has 0 atom stereocenters. The Balaban J connectivity index is 2.13. The highest BCUT2D eigenvalue weighted by Gasteiger charge is 2.14. The van der Waals surface area contributed by atoms with Crippen molar-refractivity contribution in [3.63, 3.8) is 0 Å². The van der Waals surface area contributed by atoms with E-state index in [4.69, 9.17) is 0 Å². The van der Waals surface area contributed by atoms with Crippen LogP contribution in [0.1, 0.15) is 18.2 Å². The van der Waals surface area contributed by atoms with Crippen molar-refractivity contribution >= 4 is 23.1 Å². The number of benzene rings is 1. The van der Waals surface area contributed by atoms with E-state index in [1.807, 2.05) is 26.0 Å². The molecule has 0 aliphatic carbocycles. The Labute approximate surface area is 127 Å². The summed E-state index contributed by atoms with van der Waals surface area (Å²) >= 11 is 1.46. The molecule has 1 heterocycles. The van der Waals surface area contributed by atoms with Gasteiger partial charge in [-0.2, -0.15) is 0 Å². The monoisotopic (exact) mass is 304 g/mol. The van der Waals surface area contributed by atoms with Gasteiger partial charge in [-0.05, 0) is 31.5 Å². The van der Waals surface area contributed by atoms with E-state index in [0.717, 1.165) is 11.3 Å². The number of aryl methyl sites for hydroxylation is 1. The molecule has 0 saturated carbocycles. The zero-order valence-corrected chi connectivity index (χ0v) is 12.7. The van der Waals surface area contributed by atoms with Crippen molar-refractivity contribution in [2.45, 2.75) is 24.8 Å². The Bertz CT molecular complexity index is 649. The molecule has 21 heavy (non-hydrogen) atoms. The molecule has 1 N–H and O–H groups in total. The molecule has 0 radical (unpaired) electrons. The molecule has 0 amide bonds. The van der Waals surface area contributed by atoms with Gasteiger partial charge in [0.1, 0.15) is 5.69 Å². The van der Waals surface area contributed by atoms with Crippen LogP contribution in [0.4, 0.5) is 11.4 Å². The Morgan fingerprint density at radius 2 is 2.19 bits per heavy atom. The largest absolute Gasteiger partial charge is 0.380 e. The van der Waals surface area contributed by atoms with Gasteiger partial charge in [-0.1, -0.05) is 17.8 Å². The molecule has 0 bridgehead atoms. The maximum atomic E-state index is 11.1. The van der Waals surface area contributed by atoms with E-state index in [1.54, 1.807) is 18.3 Å². The predicted molar refractivity (Wildman–Crippen MR) is 83.6 cm³/mol. The highest BCUT2D eigenvalue weighted by atomic mass is 32.2. The topological polar surface area (TPSA) is 81.0 Å². The Kier molecular flexibility index (Phi) is 5.10. The molecule has 0 spiro atoms. The number of hydrogen-bond donors (Lipinski definition) is 1. The van der Waals surface area contributed by atoms with Crippen molar-refractivity contribution in [2.75, 3.05) is 11.9 Å². The summed E-state index contributed by atoms with van der Waals surface area (Å²) in [5.41, 5.74) is 2.42. The number of rotatable bonds is 6. The van der Waals surface area contributed by atoms with E-state index in [-0.39, 0.29) is 10.6 Å². The van der Waals surface area contributed by atoms with Crippen molar-refractivity contribution in [2.24, 2.45) is 0 Å². The number of aromatic nitrogens is 2. The van der Waals surface area contributed by atoms with Gasteiger partial charge >= 0.3 is 0 Å². The Morgan fingerprint density at radius 1 is 1.38 bits per heavy atom. The highest BCUT2D eigenvalue weighted by molar-refractivity contribution is 7.98. The molecule has 0 aliphatic rings. The number of hydrogen-bond acceptors (Lipinski definition) is 6. The molecule has 0 unspecified atom stereocenters. The Hall–Kier alpha value is -2.15. The molecule has 1 aromatic heterocycles. The second kappa shape index (κ2) is 7.03. The van der Waals surface area contributed by atoms with E-state index in [1.165, 1.54) is 11.8 Å². The van der Waals surface area contributed by atoms with Gasteiger partial charge in [0, 0.05) is 30.3 Å². The quantitative estimate of drug-likeness (QED) is 0.381. The Morgan fingerprint density at radius 3 is 2.86 bits per heavy atom. The van der Waals surface area contributed by atoms with Crippen molar-refractivity contribution in [1.29, 1.82) is 0 Å². The normalized spacial score (nSPS) is 10.4. The van der Waals surface area contributed by atoms with Crippen molar-refractivity contribution in [1.82, 2.24) is 9.97 Å². The maximum Gasteiger partial charge on any atom is 0.292 e. The van der Waals surface area contributed by atoms with E-state index in [2.05, 4.69) is 15.3 Å². The van der Waals surface area contributed by atoms with E-state index in [0.29, 0.717) is 23.1 Å². The van der Waals surface area contributed by atoms with Crippen LogP contribution >= 0.6 is 11.8 Å². The molecule has 110 valence electrons. The summed E-state index contributed by atoms with van der Waals surface area (Å²) in [5, 5.41) is 14.8. The lowest BCUT2D eigenvalue weighted by Gasteiger charge is -2.06. The second-order valence-electron chi connectivity index (χ2n) is 4.41. The predicted octanol–water partition coefficient (Wildman–Crippen LogP) is 3.42. The summed E-state index contributed by atoms with van der Waals surface area (Å²) in [7, 11) is 0. The van der Waals surface area contributed by atoms with Crippen LogP contribution in [0.2, 0.25) is 0 Å². The minimum absolute atomic E-state index is 0.0973. The van der Waals surface area contributed by atoms with Crippen LogP contribution in [0.3, 0.4) is 0 Å².